The molecule has 0 aliphatic heterocycles. The van der Waals surface area contributed by atoms with E-state index in [4.69, 9.17) is 4.74 Å². The fourth-order valence-electron chi connectivity index (χ4n) is 5.75. The van der Waals surface area contributed by atoms with Crippen LogP contribution in [0.25, 0.3) is 0 Å². The number of fused-ring (bicyclic) bond motifs is 2. The summed E-state index contributed by atoms with van der Waals surface area (Å²) in [6.07, 6.45) is 3.63. The summed E-state index contributed by atoms with van der Waals surface area (Å²) in [6.45, 7) is 2.21. The van der Waals surface area contributed by atoms with E-state index in [0.717, 1.165) is 0 Å². The molecule has 2 fully saturated rings. The van der Waals surface area contributed by atoms with Gasteiger partial charge in [-0.15, -0.1) is 0 Å². The van der Waals surface area contributed by atoms with Gasteiger partial charge in [0.15, 0.2) is 0 Å². The Balaban J connectivity index is 1.93. The van der Waals surface area contributed by atoms with Crippen molar-refractivity contribution in [2.45, 2.75) is 30.1 Å². The van der Waals surface area contributed by atoms with E-state index in [2.05, 4.69) is 86.2 Å². The first-order valence-electron chi connectivity index (χ1n) is 9.41. The molecule has 0 N–H and O–H groups in total. The van der Waals surface area contributed by atoms with Crippen molar-refractivity contribution in [2.75, 3.05) is 7.11 Å². The minimum absolute atomic E-state index is 0.0132. The van der Waals surface area contributed by atoms with Crippen molar-refractivity contribution >= 4 is 46.2 Å². The first-order valence-corrected chi connectivity index (χ1v) is 22.2. The first-order chi connectivity index (χ1) is 12.5. The zero-order valence-electron chi connectivity index (χ0n) is 15.3. The van der Waals surface area contributed by atoms with Gasteiger partial charge in [0.1, 0.15) is 0 Å². The van der Waals surface area contributed by atoms with Crippen LogP contribution in [0.5, 0.6) is 0 Å². The number of methoxy groups -OCH3 is 1. The van der Waals surface area contributed by atoms with E-state index < -0.39 is 14.4 Å². The monoisotopic (exact) mass is 568 g/mol. The Morgan fingerprint density at radius 2 is 1.58 bits per heavy atom. The van der Waals surface area contributed by atoms with Crippen LogP contribution in [0.4, 0.5) is 0 Å². The van der Waals surface area contributed by atoms with Crippen LogP contribution in [0, 0.1) is 17.3 Å². The summed E-state index contributed by atoms with van der Waals surface area (Å²) in [5.74, 6) is 1.14. The number of esters is 1. The van der Waals surface area contributed by atoms with Crippen LogP contribution in [0.2, 0.25) is 3.93 Å². The van der Waals surface area contributed by atoms with Gasteiger partial charge in [-0.3, -0.25) is 0 Å². The summed E-state index contributed by atoms with van der Waals surface area (Å²) < 4.78 is 8.79. The minimum atomic E-state index is -3.15. The van der Waals surface area contributed by atoms with Gasteiger partial charge in [0.25, 0.3) is 0 Å². The van der Waals surface area contributed by atoms with Crippen molar-refractivity contribution in [3.05, 3.63) is 60.7 Å². The molecule has 0 radical (unpaired) electrons. The molecule has 0 amide bonds. The Labute approximate surface area is 169 Å². The van der Waals surface area contributed by atoms with Crippen LogP contribution in [0.15, 0.2) is 60.7 Å². The van der Waals surface area contributed by atoms with Gasteiger partial charge in [-0.05, 0) is 0 Å². The molecular weight excluding hydrogens is 542 g/mol. The number of carbonyl (C=O) groups excluding carboxylic acids is 1. The molecule has 2 bridgehead atoms. The van der Waals surface area contributed by atoms with E-state index in [0.29, 0.717) is 15.8 Å². The van der Waals surface area contributed by atoms with Gasteiger partial charge in [-0.1, -0.05) is 0 Å². The van der Waals surface area contributed by atoms with E-state index in [-0.39, 0.29) is 11.4 Å². The normalized spacial score (nSPS) is 30.3. The Bertz CT molecular complexity index is 755. The van der Waals surface area contributed by atoms with Gasteiger partial charge in [0.2, 0.25) is 0 Å². The number of halogens is 1. The van der Waals surface area contributed by atoms with E-state index in [1.54, 1.807) is 7.11 Å². The van der Waals surface area contributed by atoms with Crippen LogP contribution in [0.1, 0.15) is 26.2 Å². The molecule has 0 aromatic heterocycles. The van der Waals surface area contributed by atoms with Crippen molar-refractivity contribution in [1.29, 1.82) is 0 Å². The maximum absolute atomic E-state index is 13.1. The Morgan fingerprint density at radius 3 is 2.08 bits per heavy atom. The fourth-order valence-corrected chi connectivity index (χ4v) is 31.3. The number of hydrogen-bond donors (Lipinski definition) is 0. The molecule has 0 spiro atoms. The number of hydrogen-bond acceptors (Lipinski definition) is 2. The van der Waals surface area contributed by atoms with E-state index >= 15 is 0 Å². The Morgan fingerprint density at radius 1 is 1.04 bits per heavy atom. The van der Waals surface area contributed by atoms with Crippen LogP contribution in [0.3, 0.4) is 0 Å². The molecule has 2 nitrogen and oxygen atoms in total. The van der Waals surface area contributed by atoms with E-state index in [9.17, 15) is 4.79 Å². The van der Waals surface area contributed by atoms with E-state index in [1.165, 1.54) is 26.4 Å². The maximum atomic E-state index is 13.1. The van der Waals surface area contributed by atoms with Gasteiger partial charge >= 0.3 is 171 Å². The topological polar surface area (TPSA) is 26.3 Å². The van der Waals surface area contributed by atoms with Gasteiger partial charge in [0.05, 0.1) is 0 Å². The Kier molecular flexibility index (Phi) is 5.14. The van der Waals surface area contributed by atoms with Crippen LogP contribution < -0.4 is 7.16 Å². The zero-order chi connectivity index (χ0) is 18.4. The molecule has 0 saturated heterocycles. The summed E-state index contributed by atoms with van der Waals surface area (Å²) in [7, 11) is 1.56. The third-order valence-corrected chi connectivity index (χ3v) is 31.9. The van der Waals surface area contributed by atoms with Crippen LogP contribution >= 0.6 is 18.6 Å². The number of ether oxygens (including phenoxy) is 1. The van der Waals surface area contributed by atoms with Gasteiger partial charge in [-0.2, -0.15) is 0 Å². The second kappa shape index (κ2) is 7.12. The molecule has 2 aliphatic carbocycles. The predicted molar refractivity (Wildman–Crippen MR) is 117 cm³/mol. The average molecular weight is 567 g/mol. The molecule has 2 aliphatic rings. The van der Waals surface area contributed by atoms with Crippen LogP contribution in [-0.2, 0) is 9.53 Å². The molecular formula is C22H25IO2Sn. The third kappa shape index (κ3) is 2.67. The molecule has 4 atom stereocenters. The van der Waals surface area contributed by atoms with Crippen molar-refractivity contribution in [1.82, 2.24) is 0 Å². The predicted octanol–water partition coefficient (Wildman–Crippen LogP) is 4.16. The molecule has 4 heteroatoms. The van der Waals surface area contributed by atoms with Crippen molar-refractivity contribution < 1.29 is 9.53 Å². The quantitative estimate of drug-likeness (QED) is 0.316. The second-order valence-corrected chi connectivity index (χ2v) is 28.5. The van der Waals surface area contributed by atoms with Crippen molar-refractivity contribution in [2.24, 2.45) is 17.3 Å². The summed E-state index contributed by atoms with van der Waals surface area (Å²) in [5.41, 5.74) is -0.347. The number of benzene rings is 2. The molecule has 0 heterocycles. The summed E-state index contributed by atoms with van der Waals surface area (Å²) in [5, 5.41) is 0. The molecule has 136 valence electrons. The van der Waals surface area contributed by atoms with Gasteiger partial charge < -0.3 is 0 Å². The second-order valence-electron chi connectivity index (χ2n) is 7.97. The summed E-state index contributed by atoms with van der Waals surface area (Å²) >= 11 is -0.306. The molecule has 4 rings (SSSR count). The van der Waals surface area contributed by atoms with E-state index in [1.807, 2.05) is 0 Å². The first kappa shape index (κ1) is 18.8. The number of rotatable bonds is 4. The third-order valence-electron chi connectivity index (χ3n) is 6.88. The molecule has 2 saturated carbocycles. The average Bonchev–Trinajstić information content (AvgIpc) is 3.28. The molecule has 0 unspecified atom stereocenters. The van der Waals surface area contributed by atoms with Gasteiger partial charge in [-0.25, -0.2) is 0 Å². The Hall–Kier alpha value is -0.561. The van der Waals surface area contributed by atoms with Crippen molar-refractivity contribution in [3.8, 4) is 0 Å². The molecule has 2 aromatic rings. The SMILES string of the molecule is COC(=O)[C@@]1(C)[C@@H]2CC[C@@H](C2)[C@H]1[Sn]([I])([c]1ccccc1)[c]1ccccc1. The zero-order valence-corrected chi connectivity index (χ0v) is 20.3. The molecule has 2 aromatic carbocycles. The van der Waals surface area contributed by atoms with Crippen LogP contribution in [-0.4, -0.2) is 27.5 Å². The van der Waals surface area contributed by atoms with Gasteiger partial charge in [0, 0.05) is 0 Å². The standard InChI is InChI=1S/C10H15O2.2C6H5.HI.Sn/c1-10(9(11)12-2)6-7-3-4-8(10)5-7;2*1-2-4-6-5-3-1;;/h6-8H,3-5H2,1-2H3;2*1-5H;1H;/q;;;;+1/p-1/t7-,8+,10+;;;;/m0..../s1. The summed E-state index contributed by atoms with van der Waals surface area (Å²) in [6, 6.07) is 22.0. The van der Waals surface area contributed by atoms with Crippen molar-refractivity contribution in [3.63, 3.8) is 0 Å². The fraction of sp³-hybridized carbons (Fsp3) is 0.409. The molecule has 26 heavy (non-hydrogen) atoms. The summed E-state index contributed by atoms with van der Waals surface area (Å²) in [4.78, 5) is 13.1. The number of carbonyl (C=O) groups is 1.